The number of nitrogens with zero attached hydrogens (tertiary/aromatic N) is 2. The first-order valence-corrected chi connectivity index (χ1v) is 9.35. The van der Waals surface area contributed by atoms with Gasteiger partial charge >= 0.3 is 0 Å². The number of nitriles is 1. The Morgan fingerprint density at radius 3 is 2.64 bits per heavy atom. The van der Waals surface area contributed by atoms with Crippen LogP contribution in [0.4, 0.5) is 5.69 Å². The molecule has 2 aliphatic rings. The van der Waals surface area contributed by atoms with Crippen molar-refractivity contribution in [1.29, 1.82) is 5.26 Å². The molecule has 0 saturated carbocycles. The van der Waals surface area contributed by atoms with Crippen LogP contribution in [0.15, 0.2) is 64.8 Å². The minimum atomic E-state index is -1.60. The first-order chi connectivity index (χ1) is 13.5. The van der Waals surface area contributed by atoms with Gasteiger partial charge in [-0.1, -0.05) is 41.7 Å². The summed E-state index contributed by atoms with van der Waals surface area (Å²) in [4.78, 5) is 28.3. The number of anilines is 1. The standard InChI is InChI=1S/C21H13N3O3S/c1-24-14-8-4-3-7-12(14)21(20(24)26)13(10-22)18(23)27-17-11-6-2-5-9-15(11)28-19(25)16(17)21/h2-9H,23H2,1H3. The van der Waals surface area contributed by atoms with Crippen LogP contribution in [0.25, 0.3) is 10.1 Å². The molecule has 0 bridgehead atoms. The highest BCUT2D eigenvalue weighted by Gasteiger charge is 2.59. The predicted molar refractivity (Wildman–Crippen MR) is 106 cm³/mol. The van der Waals surface area contributed by atoms with Gasteiger partial charge in [-0.3, -0.25) is 9.59 Å². The molecular weight excluding hydrogens is 374 g/mol. The molecule has 3 aromatic rings. The Hall–Kier alpha value is -3.63. The van der Waals surface area contributed by atoms with Gasteiger partial charge in [0, 0.05) is 28.4 Å². The maximum Gasteiger partial charge on any atom is 0.247 e. The number of rotatable bonds is 0. The molecule has 6 nitrogen and oxygen atoms in total. The van der Waals surface area contributed by atoms with Crippen LogP contribution in [0, 0.1) is 11.3 Å². The number of amides is 1. The molecule has 2 aliphatic heterocycles. The second-order valence-electron chi connectivity index (χ2n) is 6.67. The fraction of sp³-hybridized carbons (Fsp3) is 0.0952. The smallest absolute Gasteiger partial charge is 0.247 e. The van der Waals surface area contributed by atoms with Crippen molar-refractivity contribution in [3.05, 3.63) is 80.7 Å². The summed E-state index contributed by atoms with van der Waals surface area (Å²) in [6.45, 7) is 0. The number of carbonyl (C=O) groups is 1. The van der Waals surface area contributed by atoms with E-state index in [1.54, 1.807) is 25.2 Å². The van der Waals surface area contributed by atoms with Crippen LogP contribution in [-0.2, 0) is 10.2 Å². The molecule has 1 aromatic heterocycles. The molecule has 7 heteroatoms. The van der Waals surface area contributed by atoms with Crippen LogP contribution in [0.2, 0.25) is 0 Å². The molecule has 3 heterocycles. The molecular formula is C21H13N3O3S. The summed E-state index contributed by atoms with van der Waals surface area (Å²) in [6.07, 6.45) is 0. The van der Waals surface area contributed by atoms with Gasteiger partial charge in [-0.25, -0.2) is 0 Å². The van der Waals surface area contributed by atoms with Crippen LogP contribution in [0.5, 0.6) is 5.75 Å². The zero-order valence-electron chi connectivity index (χ0n) is 14.7. The Morgan fingerprint density at radius 1 is 1.14 bits per heavy atom. The highest BCUT2D eigenvalue weighted by molar-refractivity contribution is 7.16. The number of para-hydroxylation sites is 1. The second-order valence-corrected chi connectivity index (χ2v) is 7.69. The zero-order valence-corrected chi connectivity index (χ0v) is 15.5. The van der Waals surface area contributed by atoms with E-state index >= 15 is 0 Å². The largest absolute Gasteiger partial charge is 0.439 e. The van der Waals surface area contributed by atoms with Crippen LogP contribution in [0.3, 0.4) is 0 Å². The maximum atomic E-state index is 13.6. The number of likely N-dealkylation sites (N-methyl/N-ethyl adjacent to an activating group) is 1. The Morgan fingerprint density at radius 2 is 1.86 bits per heavy atom. The minimum absolute atomic E-state index is 0.0543. The predicted octanol–water partition coefficient (Wildman–Crippen LogP) is 2.61. The van der Waals surface area contributed by atoms with E-state index in [0.717, 1.165) is 16.0 Å². The maximum absolute atomic E-state index is 13.6. The van der Waals surface area contributed by atoms with Gasteiger partial charge in [0.05, 0.1) is 5.56 Å². The van der Waals surface area contributed by atoms with Gasteiger partial charge < -0.3 is 15.4 Å². The first kappa shape index (κ1) is 16.5. The van der Waals surface area contributed by atoms with Crippen LogP contribution < -0.4 is 20.1 Å². The lowest BCUT2D eigenvalue weighted by Gasteiger charge is -2.33. The lowest BCUT2D eigenvalue weighted by atomic mass is 9.69. The molecule has 0 radical (unpaired) electrons. The molecule has 1 atom stereocenters. The summed E-state index contributed by atoms with van der Waals surface area (Å²) in [6, 6.07) is 16.5. The molecule has 0 saturated heterocycles. The Balaban J connectivity index is 2.04. The van der Waals surface area contributed by atoms with Crippen molar-refractivity contribution >= 4 is 33.0 Å². The first-order valence-electron chi connectivity index (χ1n) is 8.54. The Kier molecular flexibility index (Phi) is 3.21. The third-order valence-corrected chi connectivity index (χ3v) is 6.35. The number of carbonyl (C=O) groups excluding carboxylic acids is 1. The fourth-order valence-electron chi connectivity index (χ4n) is 4.20. The monoisotopic (exact) mass is 387 g/mol. The van der Waals surface area contributed by atoms with Crippen molar-refractivity contribution in [2.45, 2.75) is 5.41 Å². The van der Waals surface area contributed by atoms with E-state index in [1.807, 2.05) is 36.4 Å². The van der Waals surface area contributed by atoms with Gasteiger partial charge in [0.25, 0.3) is 0 Å². The number of benzene rings is 2. The molecule has 1 amide bonds. The van der Waals surface area contributed by atoms with Crippen molar-refractivity contribution in [1.82, 2.24) is 0 Å². The highest BCUT2D eigenvalue weighted by Crippen LogP contribution is 2.55. The normalized spacial score (nSPS) is 20.1. The van der Waals surface area contributed by atoms with Crippen LogP contribution >= 0.6 is 11.3 Å². The number of hydrogen-bond acceptors (Lipinski definition) is 6. The fourth-order valence-corrected chi connectivity index (χ4v) is 5.17. The van der Waals surface area contributed by atoms with Crippen molar-refractivity contribution < 1.29 is 9.53 Å². The molecule has 136 valence electrons. The van der Waals surface area contributed by atoms with E-state index in [1.165, 1.54) is 4.90 Å². The number of ether oxygens (including phenoxy) is 1. The topological polar surface area (TPSA) is 96.4 Å². The number of nitrogens with two attached hydrogens (primary N) is 1. The third kappa shape index (κ3) is 1.75. The molecule has 2 N–H and O–H groups in total. The summed E-state index contributed by atoms with van der Waals surface area (Å²) >= 11 is 1.03. The minimum Gasteiger partial charge on any atom is -0.439 e. The van der Waals surface area contributed by atoms with E-state index in [2.05, 4.69) is 0 Å². The van der Waals surface area contributed by atoms with Gasteiger partial charge in [0.1, 0.15) is 22.8 Å². The molecule has 5 rings (SSSR count). The van der Waals surface area contributed by atoms with Crippen molar-refractivity contribution in [3.63, 3.8) is 0 Å². The van der Waals surface area contributed by atoms with Gasteiger partial charge in [0.15, 0.2) is 0 Å². The molecule has 0 aliphatic carbocycles. The van der Waals surface area contributed by atoms with E-state index < -0.39 is 11.3 Å². The molecule has 1 spiro atoms. The zero-order chi connectivity index (χ0) is 19.6. The van der Waals surface area contributed by atoms with Crippen LogP contribution in [-0.4, -0.2) is 13.0 Å². The number of hydrogen-bond donors (Lipinski definition) is 1. The van der Waals surface area contributed by atoms with Gasteiger partial charge in [0.2, 0.25) is 16.5 Å². The highest BCUT2D eigenvalue weighted by atomic mass is 32.1. The van der Waals surface area contributed by atoms with E-state index in [4.69, 9.17) is 10.5 Å². The summed E-state index contributed by atoms with van der Waals surface area (Å²) in [5.41, 5.74) is 5.83. The summed E-state index contributed by atoms with van der Waals surface area (Å²) < 4.78 is 6.18. The SMILES string of the molecule is CN1C(=O)C2(C(C#N)=C(N)Oc3c2c(=O)sc2ccccc32)c2ccccc21. The van der Waals surface area contributed by atoms with Crippen molar-refractivity contribution in [2.75, 3.05) is 11.9 Å². The Labute approximate surface area is 163 Å². The summed E-state index contributed by atoms with van der Waals surface area (Å²) in [7, 11) is 1.63. The third-order valence-electron chi connectivity index (χ3n) is 5.38. The average molecular weight is 387 g/mol. The van der Waals surface area contributed by atoms with Crippen molar-refractivity contribution in [2.24, 2.45) is 5.73 Å². The van der Waals surface area contributed by atoms with Gasteiger partial charge in [-0.2, -0.15) is 5.26 Å². The number of fused-ring (bicyclic) bond motifs is 6. The quantitative estimate of drug-likeness (QED) is 0.640. The van der Waals surface area contributed by atoms with Crippen molar-refractivity contribution in [3.8, 4) is 11.8 Å². The van der Waals surface area contributed by atoms with E-state index in [0.29, 0.717) is 16.6 Å². The van der Waals surface area contributed by atoms with E-state index in [9.17, 15) is 14.9 Å². The lowest BCUT2D eigenvalue weighted by molar-refractivity contribution is -0.120. The summed E-state index contributed by atoms with van der Waals surface area (Å²) in [5.74, 6) is -0.305. The van der Waals surface area contributed by atoms with Crippen LogP contribution in [0.1, 0.15) is 11.1 Å². The summed E-state index contributed by atoms with van der Waals surface area (Å²) in [5, 5.41) is 10.6. The van der Waals surface area contributed by atoms with E-state index in [-0.39, 0.29) is 27.5 Å². The molecule has 2 aromatic carbocycles. The molecule has 1 unspecified atom stereocenters. The van der Waals surface area contributed by atoms with Gasteiger partial charge in [-0.15, -0.1) is 0 Å². The lowest BCUT2D eigenvalue weighted by Crippen LogP contribution is -2.47. The Bertz CT molecular complexity index is 1330. The molecule has 0 fully saturated rings. The molecule has 28 heavy (non-hydrogen) atoms. The average Bonchev–Trinajstić information content (AvgIpc) is 2.91. The second kappa shape index (κ2) is 5.44. The van der Waals surface area contributed by atoms with Gasteiger partial charge in [-0.05, 0) is 18.2 Å².